The third-order valence-electron chi connectivity index (χ3n) is 3.35. The molecule has 114 valence electrons. The fourth-order valence-corrected chi connectivity index (χ4v) is 2.13. The number of aryl methyl sites for hydroxylation is 1. The monoisotopic (exact) mass is 294 g/mol. The van der Waals surface area contributed by atoms with Gasteiger partial charge in [-0.1, -0.05) is 37.6 Å². The van der Waals surface area contributed by atoms with Gasteiger partial charge in [-0.25, -0.2) is 0 Å². The molecule has 0 aromatic heterocycles. The average Bonchev–Trinajstić information content (AvgIpc) is 2.53. The number of hydrogen-bond acceptors (Lipinski definition) is 2. The number of rotatable bonds is 6. The Labute approximate surface area is 132 Å². The van der Waals surface area contributed by atoms with Crippen molar-refractivity contribution in [2.45, 2.75) is 33.1 Å². The number of carbonyl (C=O) groups excluding carboxylic acids is 1. The SMILES string of the molecule is CCCCc1ccc(/C=N/c2ccc(NC(C)=O)cc2)cc1. The van der Waals surface area contributed by atoms with E-state index in [0.717, 1.165) is 23.4 Å². The van der Waals surface area contributed by atoms with E-state index in [1.807, 2.05) is 30.5 Å². The molecule has 0 saturated carbocycles. The van der Waals surface area contributed by atoms with Gasteiger partial charge in [0.05, 0.1) is 5.69 Å². The van der Waals surface area contributed by atoms with Crippen molar-refractivity contribution in [3.05, 3.63) is 59.7 Å². The number of benzene rings is 2. The molecule has 0 aliphatic heterocycles. The number of nitrogens with one attached hydrogen (secondary N) is 1. The number of amides is 1. The van der Waals surface area contributed by atoms with Crippen LogP contribution in [0.15, 0.2) is 53.5 Å². The zero-order valence-corrected chi connectivity index (χ0v) is 13.2. The third-order valence-corrected chi connectivity index (χ3v) is 3.35. The summed E-state index contributed by atoms with van der Waals surface area (Å²) in [6.07, 6.45) is 5.45. The van der Waals surface area contributed by atoms with Crippen LogP contribution < -0.4 is 5.32 Å². The molecule has 0 heterocycles. The smallest absolute Gasteiger partial charge is 0.221 e. The average molecular weight is 294 g/mol. The molecule has 0 saturated heterocycles. The molecule has 0 spiro atoms. The molecule has 2 rings (SSSR count). The summed E-state index contributed by atoms with van der Waals surface area (Å²) in [4.78, 5) is 15.4. The maximum Gasteiger partial charge on any atom is 0.221 e. The lowest BCUT2D eigenvalue weighted by Crippen LogP contribution is -2.04. The minimum Gasteiger partial charge on any atom is -0.326 e. The lowest BCUT2D eigenvalue weighted by molar-refractivity contribution is -0.114. The van der Waals surface area contributed by atoms with E-state index < -0.39 is 0 Å². The number of unbranched alkanes of at least 4 members (excludes halogenated alkanes) is 1. The summed E-state index contributed by atoms with van der Waals surface area (Å²) in [6, 6.07) is 16.0. The zero-order valence-electron chi connectivity index (χ0n) is 13.2. The Balaban J connectivity index is 1.97. The highest BCUT2D eigenvalue weighted by atomic mass is 16.1. The molecule has 3 nitrogen and oxygen atoms in total. The van der Waals surface area contributed by atoms with E-state index >= 15 is 0 Å². The van der Waals surface area contributed by atoms with Crippen LogP contribution in [0.4, 0.5) is 11.4 Å². The molecule has 0 aliphatic carbocycles. The molecule has 0 unspecified atom stereocenters. The molecule has 0 fully saturated rings. The summed E-state index contributed by atoms with van der Waals surface area (Å²) in [5.74, 6) is -0.0700. The fraction of sp³-hybridized carbons (Fsp3) is 0.263. The predicted molar refractivity (Wildman–Crippen MR) is 93.1 cm³/mol. The van der Waals surface area contributed by atoms with E-state index in [2.05, 4.69) is 41.5 Å². The predicted octanol–water partition coefficient (Wildman–Crippen LogP) is 4.74. The molecule has 22 heavy (non-hydrogen) atoms. The molecule has 0 aliphatic rings. The lowest BCUT2D eigenvalue weighted by Gasteiger charge is -2.02. The van der Waals surface area contributed by atoms with Crippen LogP contribution in [-0.2, 0) is 11.2 Å². The van der Waals surface area contributed by atoms with Gasteiger partial charge in [0.25, 0.3) is 0 Å². The maximum atomic E-state index is 11.0. The van der Waals surface area contributed by atoms with Gasteiger partial charge in [-0.2, -0.15) is 0 Å². The molecule has 0 bridgehead atoms. The van der Waals surface area contributed by atoms with Crippen molar-refractivity contribution in [2.24, 2.45) is 4.99 Å². The van der Waals surface area contributed by atoms with Gasteiger partial charge in [0, 0.05) is 18.8 Å². The second kappa shape index (κ2) is 8.13. The van der Waals surface area contributed by atoms with Gasteiger partial charge in [0.2, 0.25) is 5.91 Å². The van der Waals surface area contributed by atoms with Crippen molar-refractivity contribution >= 4 is 23.5 Å². The molecule has 2 aromatic rings. The number of hydrogen-bond donors (Lipinski definition) is 1. The van der Waals surface area contributed by atoms with Gasteiger partial charge in [0.1, 0.15) is 0 Å². The van der Waals surface area contributed by atoms with Crippen LogP contribution in [0, 0.1) is 0 Å². The van der Waals surface area contributed by atoms with Crippen LogP contribution >= 0.6 is 0 Å². The number of nitrogens with zero attached hydrogens (tertiary/aromatic N) is 1. The summed E-state index contributed by atoms with van der Waals surface area (Å²) in [5, 5.41) is 2.74. The molecule has 1 N–H and O–H groups in total. The maximum absolute atomic E-state index is 11.0. The van der Waals surface area contributed by atoms with E-state index in [9.17, 15) is 4.79 Å². The summed E-state index contributed by atoms with van der Waals surface area (Å²) in [5.41, 5.74) is 4.11. The second-order valence-corrected chi connectivity index (χ2v) is 5.33. The normalized spacial score (nSPS) is 10.8. The zero-order chi connectivity index (χ0) is 15.8. The first-order chi connectivity index (χ1) is 10.7. The molecule has 0 atom stereocenters. The summed E-state index contributed by atoms with van der Waals surface area (Å²) >= 11 is 0. The van der Waals surface area contributed by atoms with Crippen LogP contribution in [-0.4, -0.2) is 12.1 Å². The largest absolute Gasteiger partial charge is 0.326 e. The molecule has 0 radical (unpaired) electrons. The summed E-state index contributed by atoms with van der Waals surface area (Å²) in [6.45, 7) is 3.70. The minimum atomic E-state index is -0.0700. The molecule has 1 amide bonds. The van der Waals surface area contributed by atoms with Crippen LogP contribution in [0.25, 0.3) is 0 Å². The van der Waals surface area contributed by atoms with E-state index in [1.165, 1.54) is 25.3 Å². The van der Waals surface area contributed by atoms with Crippen LogP contribution in [0.1, 0.15) is 37.8 Å². The number of carbonyl (C=O) groups is 1. The Kier molecular flexibility index (Phi) is 5.90. The molecule has 3 heteroatoms. The van der Waals surface area contributed by atoms with Crippen molar-refractivity contribution in [1.82, 2.24) is 0 Å². The van der Waals surface area contributed by atoms with E-state index in [0.29, 0.717) is 0 Å². The topological polar surface area (TPSA) is 41.5 Å². The molecular weight excluding hydrogens is 272 g/mol. The van der Waals surface area contributed by atoms with E-state index in [4.69, 9.17) is 0 Å². The van der Waals surface area contributed by atoms with Gasteiger partial charge in [-0.05, 0) is 48.2 Å². The highest BCUT2D eigenvalue weighted by Crippen LogP contribution is 2.16. The van der Waals surface area contributed by atoms with Crippen LogP contribution in [0.5, 0.6) is 0 Å². The molecule has 2 aromatic carbocycles. The Morgan fingerprint density at radius 1 is 1.09 bits per heavy atom. The van der Waals surface area contributed by atoms with Crippen LogP contribution in [0.3, 0.4) is 0 Å². The van der Waals surface area contributed by atoms with Crippen molar-refractivity contribution in [3.8, 4) is 0 Å². The van der Waals surface area contributed by atoms with E-state index in [-0.39, 0.29) is 5.91 Å². The van der Waals surface area contributed by atoms with E-state index in [1.54, 1.807) is 0 Å². The van der Waals surface area contributed by atoms with Gasteiger partial charge in [0.15, 0.2) is 0 Å². The number of anilines is 1. The highest BCUT2D eigenvalue weighted by Gasteiger charge is 1.96. The first kappa shape index (κ1) is 16.0. The van der Waals surface area contributed by atoms with Crippen molar-refractivity contribution in [2.75, 3.05) is 5.32 Å². The Bertz CT molecular complexity index is 627. The van der Waals surface area contributed by atoms with Crippen molar-refractivity contribution < 1.29 is 4.79 Å². The molecular formula is C19H22N2O. The minimum absolute atomic E-state index is 0.0700. The standard InChI is InChI=1S/C19H22N2O/c1-3-4-5-16-6-8-17(9-7-16)14-20-18-10-12-19(13-11-18)21-15(2)22/h6-14H,3-5H2,1-2H3,(H,21,22)/b20-14+. The summed E-state index contributed by atoms with van der Waals surface area (Å²) in [7, 11) is 0. The van der Waals surface area contributed by atoms with Gasteiger partial charge >= 0.3 is 0 Å². The summed E-state index contributed by atoms with van der Waals surface area (Å²) < 4.78 is 0. The lowest BCUT2D eigenvalue weighted by atomic mass is 10.1. The van der Waals surface area contributed by atoms with Gasteiger partial charge in [-0.15, -0.1) is 0 Å². The first-order valence-electron chi connectivity index (χ1n) is 7.68. The second-order valence-electron chi connectivity index (χ2n) is 5.33. The highest BCUT2D eigenvalue weighted by molar-refractivity contribution is 5.89. The quantitative estimate of drug-likeness (QED) is 0.768. The first-order valence-corrected chi connectivity index (χ1v) is 7.68. The van der Waals surface area contributed by atoms with Crippen LogP contribution in [0.2, 0.25) is 0 Å². The Morgan fingerprint density at radius 2 is 1.77 bits per heavy atom. The van der Waals surface area contributed by atoms with Gasteiger partial charge < -0.3 is 5.32 Å². The fourth-order valence-electron chi connectivity index (χ4n) is 2.13. The van der Waals surface area contributed by atoms with Crippen molar-refractivity contribution in [3.63, 3.8) is 0 Å². The van der Waals surface area contributed by atoms with Crippen molar-refractivity contribution in [1.29, 1.82) is 0 Å². The van der Waals surface area contributed by atoms with Gasteiger partial charge in [-0.3, -0.25) is 9.79 Å². The number of aliphatic imine (C=N–C) groups is 1. The Hall–Kier alpha value is -2.42. The third kappa shape index (κ3) is 5.17. The Morgan fingerprint density at radius 3 is 2.36 bits per heavy atom.